The number of fused-ring (bicyclic) bond motifs is 1. The Labute approximate surface area is 120 Å². The van der Waals surface area contributed by atoms with Gasteiger partial charge in [0.15, 0.2) is 5.65 Å². The lowest BCUT2D eigenvalue weighted by molar-refractivity contribution is 0.0603. The van der Waals surface area contributed by atoms with E-state index in [0.717, 1.165) is 16.2 Å². The van der Waals surface area contributed by atoms with E-state index in [2.05, 4.69) is 15.3 Å². The molecule has 5 nitrogen and oxygen atoms in total. The summed E-state index contributed by atoms with van der Waals surface area (Å²) < 4.78 is 1.99. The zero-order valence-electron chi connectivity index (χ0n) is 11.2. The molecule has 3 rings (SSSR count). The first kappa shape index (κ1) is 13.2. The second kappa shape index (κ2) is 5.32. The van der Waals surface area contributed by atoms with E-state index in [0.29, 0.717) is 13.1 Å². The zero-order chi connectivity index (χ0) is 14.0. The van der Waals surface area contributed by atoms with Gasteiger partial charge in [-0.25, -0.2) is 4.98 Å². The van der Waals surface area contributed by atoms with E-state index in [1.165, 1.54) is 0 Å². The maximum Gasteiger partial charge on any atom is 0.155 e. The molecule has 0 aliphatic carbocycles. The first-order valence-corrected chi connectivity index (χ1v) is 7.28. The molecule has 3 aromatic rings. The van der Waals surface area contributed by atoms with E-state index in [-0.39, 0.29) is 0 Å². The van der Waals surface area contributed by atoms with E-state index in [1.807, 2.05) is 41.2 Å². The number of hydrogen-bond acceptors (Lipinski definition) is 5. The molecule has 3 heterocycles. The molecular formula is C14H16N4OS. The van der Waals surface area contributed by atoms with Crippen LogP contribution in [0.5, 0.6) is 0 Å². The predicted molar refractivity (Wildman–Crippen MR) is 78.6 cm³/mol. The van der Waals surface area contributed by atoms with Gasteiger partial charge >= 0.3 is 0 Å². The smallest absolute Gasteiger partial charge is 0.155 e. The fraction of sp³-hybridized carbons (Fsp3) is 0.286. The van der Waals surface area contributed by atoms with Crippen molar-refractivity contribution in [1.29, 1.82) is 0 Å². The second-order valence-corrected chi connectivity index (χ2v) is 5.86. The van der Waals surface area contributed by atoms with Crippen LogP contribution in [0, 0.1) is 0 Å². The van der Waals surface area contributed by atoms with Gasteiger partial charge in [-0.15, -0.1) is 11.3 Å². The number of aromatic nitrogens is 3. The van der Waals surface area contributed by atoms with Crippen LogP contribution in [0.25, 0.3) is 5.65 Å². The zero-order valence-corrected chi connectivity index (χ0v) is 12.0. The summed E-state index contributed by atoms with van der Waals surface area (Å²) in [5.41, 5.74) is 1.02. The Kier molecular flexibility index (Phi) is 3.52. The quantitative estimate of drug-likeness (QED) is 0.751. The predicted octanol–water partition coefficient (Wildman–Crippen LogP) is 1.79. The fourth-order valence-corrected chi connectivity index (χ4v) is 2.92. The Morgan fingerprint density at radius 3 is 3.15 bits per heavy atom. The van der Waals surface area contributed by atoms with E-state index in [4.69, 9.17) is 0 Å². The van der Waals surface area contributed by atoms with E-state index in [1.54, 1.807) is 23.7 Å². The van der Waals surface area contributed by atoms with Crippen LogP contribution in [0.4, 0.5) is 0 Å². The Morgan fingerprint density at radius 2 is 2.35 bits per heavy atom. The van der Waals surface area contributed by atoms with Crippen molar-refractivity contribution >= 4 is 17.0 Å². The Balaban J connectivity index is 1.66. The van der Waals surface area contributed by atoms with Gasteiger partial charge in [0.05, 0.1) is 18.1 Å². The number of hydrogen-bond donors (Lipinski definition) is 2. The average molecular weight is 288 g/mol. The summed E-state index contributed by atoms with van der Waals surface area (Å²) in [6.07, 6.45) is 7.17. The number of thiophene rings is 1. The van der Waals surface area contributed by atoms with Crippen LogP contribution in [0.3, 0.4) is 0 Å². The highest BCUT2D eigenvalue weighted by molar-refractivity contribution is 7.10. The lowest BCUT2D eigenvalue weighted by Gasteiger charge is -2.22. The lowest BCUT2D eigenvalue weighted by atomic mass is 10.1. The van der Waals surface area contributed by atoms with Crippen molar-refractivity contribution in [3.05, 3.63) is 52.9 Å². The van der Waals surface area contributed by atoms with Crippen molar-refractivity contribution in [3.63, 3.8) is 0 Å². The first-order valence-electron chi connectivity index (χ1n) is 6.40. The average Bonchev–Trinajstić information content (AvgIpc) is 3.08. The SMILES string of the molecule is CC(O)(CNCc1cnc2cnccn12)c1cccs1. The summed E-state index contributed by atoms with van der Waals surface area (Å²) in [6, 6.07) is 3.90. The van der Waals surface area contributed by atoms with Gasteiger partial charge in [-0.3, -0.25) is 9.38 Å². The van der Waals surface area contributed by atoms with Crippen LogP contribution in [0.1, 0.15) is 17.5 Å². The monoisotopic (exact) mass is 288 g/mol. The number of nitrogens with one attached hydrogen (secondary N) is 1. The maximum atomic E-state index is 10.4. The molecule has 0 bridgehead atoms. The Morgan fingerprint density at radius 1 is 1.45 bits per heavy atom. The molecule has 0 saturated carbocycles. The summed E-state index contributed by atoms with van der Waals surface area (Å²) in [7, 11) is 0. The van der Waals surface area contributed by atoms with Gasteiger partial charge in [0, 0.05) is 30.4 Å². The molecule has 0 aromatic carbocycles. The van der Waals surface area contributed by atoms with Crippen molar-refractivity contribution < 1.29 is 5.11 Å². The third-order valence-corrected chi connectivity index (χ3v) is 4.34. The molecule has 2 N–H and O–H groups in total. The summed E-state index contributed by atoms with van der Waals surface area (Å²) in [5, 5.41) is 15.7. The van der Waals surface area contributed by atoms with Gasteiger partial charge in [0.25, 0.3) is 0 Å². The van der Waals surface area contributed by atoms with Gasteiger partial charge in [0.2, 0.25) is 0 Å². The maximum absolute atomic E-state index is 10.4. The fourth-order valence-electron chi connectivity index (χ4n) is 2.13. The number of imidazole rings is 1. The summed E-state index contributed by atoms with van der Waals surface area (Å²) in [6.45, 7) is 2.96. The van der Waals surface area contributed by atoms with Crippen LogP contribution in [-0.2, 0) is 12.1 Å². The second-order valence-electron chi connectivity index (χ2n) is 4.91. The highest BCUT2D eigenvalue weighted by Crippen LogP contribution is 2.24. The normalized spacial score (nSPS) is 14.5. The number of nitrogens with zero attached hydrogens (tertiary/aromatic N) is 3. The molecule has 0 fully saturated rings. The van der Waals surface area contributed by atoms with Crippen LogP contribution in [0.15, 0.2) is 42.3 Å². The highest BCUT2D eigenvalue weighted by Gasteiger charge is 2.23. The third-order valence-electron chi connectivity index (χ3n) is 3.22. The minimum atomic E-state index is -0.851. The number of aliphatic hydroxyl groups is 1. The molecule has 1 atom stereocenters. The number of rotatable bonds is 5. The molecule has 0 radical (unpaired) electrons. The highest BCUT2D eigenvalue weighted by atomic mass is 32.1. The van der Waals surface area contributed by atoms with Crippen LogP contribution in [0.2, 0.25) is 0 Å². The van der Waals surface area contributed by atoms with Crippen LogP contribution < -0.4 is 5.32 Å². The third kappa shape index (κ3) is 2.58. The van der Waals surface area contributed by atoms with Crippen LogP contribution >= 0.6 is 11.3 Å². The van der Waals surface area contributed by atoms with E-state index >= 15 is 0 Å². The molecule has 3 aromatic heterocycles. The molecule has 0 amide bonds. The van der Waals surface area contributed by atoms with Gasteiger partial charge < -0.3 is 10.4 Å². The molecule has 0 aliphatic rings. The Bertz CT molecular complexity index is 690. The van der Waals surface area contributed by atoms with Gasteiger partial charge in [-0.05, 0) is 18.4 Å². The molecule has 0 aliphatic heterocycles. The van der Waals surface area contributed by atoms with Gasteiger partial charge in [-0.1, -0.05) is 6.07 Å². The summed E-state index contributed by atoms with van der Waals surface area (Å²) in [4.78, 5) is 9.29. The van der Waals surface area contributed by atoms with E-state index in [9.17, 15) is 5.11 Å². The van der Waals surface area contributed by atoms with Crippen LogP contribution in [-0.4, -0.2) is 26.0 Å². The molecule has 20 heavy (non-hydrogen) atoms. The molecule has 6 heteroatoms. The standard InChI is InChI=1S/C14H16N4OS/c1-14(19,12-3-2-6-20-12)10-16-7-11-8-17-13-9-15-4-5-18(11)13/h2-6,8-9,16,19H,7,10H2,1H3. The van der Waals surface area contributed by atoms with E-state index < -0.39 is 5.60 Å². The Hall–Kier alpha value is -1.76. The lowest BCUT2D eigenvalue weighted by Crippen LogP contribution is -2.34. The first-order chi connectivity index (χ1) is 9.67. The molecule has 0 saturated heterocycles. The molecule has 104 valence electrons. The molecular weight excluding hydrogens is 272 g/mol. The van der Waals surface area contributed by atoms with Crippen molar-refractivity contribution in [2.24, 2.45) is 0 Å². The largest absolute Gasteiger partial charge is 0.383 e. The van der Waals surface area contributed by atoms with Gasteiger partial charge in [0.1, 0.15) is 5.60 Å². The topological polar surface area (TPSA) is 62.5 Å². The van der Waals surface area contributed by atoms with Crippen molar-refractivity contribution in [2.45, 2.75) is 19.1 Å². The molecule has 1 unspecified atom stereocenters. The van der Waals surface area contributed by atoms with Crippen molar-refractivity contribution in [2.75, 3.05) is 6.54 Å². The summed E-state index contributed by atoms with van der Waals surface area (Å²) in [5.74, 6) is 0. The van der Waals surface area contributed by atoms with Crippen molar-refractivity contribution in [1.82, 2.24) is 19.7 Å². The molecule has 0 spiro atoms. The summed E-state index contributed by atoms with van der Waals surface area (Å²) >= 11 is 1.56. The van der Waals surface area contributed by atoms with Gasteiger partial charge in [-0.2, -0.15) is 0 Å². The minimum absolute atomic E-state index is 0.492. The minimum Gasteiger partial charge on any atom is -0.383 e. The van der Waals surface area contributed by atoms with Crippen molar-refractivity contribution in [3.8, 4) is 0 Å².